The van der Waals surface area contributed by atoms with Crippen LogP contribution in [-0.4, -0.2) is 62.2 Å². The molecule has 0 aromatic heterocycles. The largest absolute Gasteiger partial charge is 0.462 e. The number of ether oxygens (including phenoxy) is 6. The molecule has 0 aliphatic rings. The Morgan fingerprint density at radius 1 is 0.550 bits per heavy atom. The minimum Gasteiger partial charge on any atom is -0.462 e. The molecule has 0 aliphatic carbocycles. The molecule has 216 valence electrons. The van der Waals surface area contributed by atoms with E-state index in [4.69, 9.17) is 18.9 Å². The van der Waals surface area contributed by atoms with Gasteiger partial charge in [-0.1, -0.05) is 50.9 Å². The van der Waals surface area contributed by atoms with Gasteiger partial charge >= 0.3 is 35.8 Å². The molecule has 0 radical (unpaired) electrons. The highest BCUT2D eigenvalue weighted by molar-refractivity contribution is 6.14. The molecule has 0 spiro atoms. The summed E-state index contributed by atoms with van der Waals surface area (Å²) in [5.41, 5.74) is -0.249. The quantitative estimate of drug-likeness (QED) is 0.0956. The summed E-state index contributed by atoms with van der Waals surface area (Å²) in [6.07, 6.45) is 0. The molecule has 0 fully saturated rings. The van der Waals surface area contributed by atoms with Crippen molar-refractivity contribution in [2.45, 2.75) is 34.0 Å². The second-order valence-electron chi connectivity index (χ2n) is 8.15. The van der Waals surface area contributed by atoms with Gasteiger partial charge in [0.15, 0.2) is 0 Å². The Hall–Kier alpha value is -4.74. The van der Waals surface area contributed by atoms with Gasteiger partial charge in [-0.05, 0) is 25.0 Å². The van der Waals surface area contributed by atoms with E-state index in [-0.39, 0.29) is 39.6 Å². The minimum atomic E-state index is -1.01. The smallest absolute Gasteiger partial charge is 0.345 e. The van der Waals surface area contributed by atoms with Crippen LogP contribution in [0.5, 0.6) is 0 Å². The molecule has 0 bridgehead atoms. The van der Waals surface area contributed by atoms with Crippen LogP contribution >= 0.6 is 0 Å². The molecule has 0 saturated heterocycles. The van der Waals surface area contributed by atoms with Gasteiger partial charge in [0.2, 0.25) is 0 Å². The molecule has 1 unspecified atom stereocenters. The average Bonchev–Trinajstić information content (AvgIpc) is 2.95. The zero-order valence-corrected chi connectivity index (χ0v) is 22.6. The lowest BCUT2D eigenvalue weighted by Gasteiger charge is -2.13. The molecule has 0 N–H and O–H groups in total. The molecule has 12 heteroatoms. The maximum atomic E-state index is 12.2. The summed E-state index contributed by atoms with van der Waals surface area (Å²) < 4.78 is 29.4. The fourth-order valence-electron chi connectivity index (χ4n) is 2.55. The summed E-state index contributed by atoms with van der Waals surface area (Å²) >= 11 is 0. The van der Waals surface area contributed by atoms with Crippen molar-refractivity contribution in [1.29, 1.82) is 0 Å². The van der Waals surface area contributed by atoms with Crippen molar-refractivity contribution >= 4 is 35.8 Å². The maximum Gasteiger partial charge on any atom is 0.345 e. The zero-order valence-electron chi connectivity index (χ0n) is 22.6. The van der Waals surface area contributed by atoms with Crippen LogP contribution in [-0.2, 0) is 70.4 Å². The van der Waals surface area contributed by atoms with Crippen molar-refractivity contribution in [3.05, 3.63) is 71.8 Å². The molecule has 0 aliphatic heterocycles. The van der Waals surface area contributed by atoms with Gasteiger partial charge in [0, 0.05) is 5.92 Å². The van der Waals surface area contributed by atoms with Crippen molar-refractivity contribution in [3.8, 4) is 0 Å². The molecular formula is C28H32O12. The Morgan fingerprint density at radius 3 is 1.12 bits per heavy atom. The minimum absolute atomic E-state index is 0.0761. The molecule has 40 heavy (non-hydrogen) atoms. The molecule has 0 heterocycles. The third-order valence-corrected chi connectivity index (χ3v) is 4.79. The van der Waals surface area contributed by atoms with E-state index < -0.39 is 58.5 Å². The molecule has 0 amide bonds. The van der Waals surface area contributed by atoms with Gasteiger partial charge in [-0.3, -0.25) is 0 Å². The molecule has 1 atom stereocenters. The van der Waals surface area contributed by atoms with Crippen LogP contribution in [0, 0.1) is 5.92 Å². The van der Waals surface area contributed by atoms with Crippen LogP contribution in [0.3, 0.4) is 0 Å². The predicted molar refractivity (Wildman–Crippen MR) is 138 cm³/mol. The van der Waals surface area contributed by atoms with Crippen molar-refractivity contribution in [3.63, 3.8) is 0 Å². The van der Waals surface area contributed by atoms with Gasteiger partial charge in [0.1, 0.15) is 29.9 Å². The van der Waals surface area contributed by atoms with Crippen LogP contribution in [0.25, 0.3) is 0 Å². The molecule has 1 rings (SSSR count). The number of benzene rings is 1. The van der Waals surface area contributed by atoms with E-state index in [0.717, 1.165) is 0 Å². The van der Waals surface area contributed by atoms with Crippen molar-refractivity contribution in [2.24, 2.45) is 5.92 Å². The topological polar surface area (TPSA) is 158 Å². The van der Waals surface area contributed by atoms with Gasteiger partial charge < -0.3 is 28.4 Å². The highest BCUT2D eigenvalue weighted by atomic mass is 16.6. The highest BCUT2D eigenvalue weighted by Gasteiger charge is 2.22. The second-order valence-corrected chi connectivity index (χ2v) is 8.15. The summed E-state index contributed by atoms with van der Waals surface area (Å²) in [5.74, 6) is -6.09. The number of hydrogen-bond donors (Lipinski definition) is 0. The van der Waals surface area contributed by atoms with Crippen molar-refractivity contribution < 1.29 is 57.2 Å². The van der Waals surface area contributed by atoms with Crippen LogP contribution in [0.4, 0.5) is 0 Å². The molecule has 1 aromatic rings. The number of esters is 6. The van der Waals surface area contributed by atoms with E-state index >= 15 is 0 Å². The molecular weight excluding hydrogens is 528 g/mol. The Bertz CT molecular complexity index is 1150. The van der Waals surface area contributed by atoms with Gasteiger partial charge in [-0.25, -0.2) is 28.8 Å². The first-order valence-electron chi connectivity index (χ1n) is 12.1. The average molecular weight is 561 g/mol. The fourth-order valence-corrected chi connectivity index (χ4v) is 2.55. The van der Waals surface area contributed by atoms with Gasteiger partial charge in [0.05, 0.1) is 26.4 Å². The summed E-state index contributed by atoms with van der Waals surface area (Å²) in [6, 6.07) is 6.44. The Kier molecular flexibility index (Phi) is 14.1. The SMILES string of the molecule is C=C(C(=O)OCC)C(=O)OCc1ccc(COC(=O)C(=C)C(=O)OCC(C)COC(=O)C(=C)C(=O)OCC)cc1. The normalized spacial score (nSPS) is 10.8. The standard InChI is InChI=1S/C28H32O12/c1-7-35-23(29)18(4)25(31)37-13-17(3)14-38-26(32)20(6)28(34)40-16-22-11-9-21(10-12-22)15-39-27(33)19(5)24(30)36-8-2/h9-12,17H,4-8,13-16H2,1-3H3. The molecule has 1 aromatic carbocycles. The number of hydrogen-bond acceptors (Lipinski definition) is 12. The predicted octanol–water partition coefficient (Wildman–Crippen LogP) is 2.29. The highest BCUT2D eigenvalue weighted by Crippen LogP contribution is 2.11. The summed E-state index contributed by atoms with van der Waals surface area (Å²) in [4.78, 5) is 70.9. The van der Waals surface area contributed by atoms with E-state index in [1.54, 1.807) is 45.0 Å². The second kappa shape index (κ2) is 17.0. The van der Waals surface area contributed by atoms with Crippen molar-refractivity contribution in [1.82, 2.24) is 0 Å². The van der Waals surface area contributed by atoms with Crippen LogP contribution in [0.1, 0.15) is 31.9 Å². The first-order chi connectivity index (χ1) is 18.9. The zero-order chi connectivity index (χ0) is 30.2. The third-order valence-electron chi connectivity index (χ3n) is 4.79. The van der Waals surface area contributed by atoms with Gasteiger partial charge in [-0.15, -0.1) is 0 Å². The summed E-state index contributed by atoms with van der Waals surface area (Å²) in [6.45, 7) is 14.3. The van der Waals surface area contributed by atoms with E-state index in [0.29, 0.717) is 11.1 Å². The van der Waals surface area contributed by atoms with Crippen LogP contribution < -0.4 is 0 Å². The Morgan fingerprint density at radius 2 is 0.825 bits per heavy atom. The fraction of sp³-hybridized carbons (Fsp3) is 0.357. The van der Waals surface area contributed by atoms with Gasteiger partial charge in [0.25, 0.3) is 0 Å². The lowest BCUT2D eigenvalue weighted by atomic mass is 10.1. The molecule has 12 nitrogen and oxygen atoms in total. The summed E-state index contributed by atoms with van der Waals surface area (Å²) in [5, 5.41) is 0. The first-order valence-corrected chi connectivity index (χ1v) is 12.1. The van der Waals surface area contributed by atoms with Crippen molar-refractivity contribution in [2.75, 3.05) is 26.4 Å². The molecule has 0 saturated carbocycles. The first kappa shape index (κ1) is 33.3. The monoisotopic (exact) mass is 560 g/mol. The van der Waals surface area contributed by atoms with E-state index in [2.05, 4.69) is 29.2 Å². The lowest BCUT2D eigenvalue weighted by Crippen LogP contribution is -2.23. The number of rotatable bonds is 16. The lowest BCUT2D eigenvalue weighted by molar-refractivity contribution is -0.151. The van der Waals surface area contributed by atoms with E-state index in [9.17, 15) is 28.8 Å². The van der Waals surface area contributed by atoms with E-state index in [1.165, 1.54) is 0 Å². The van der Waals surface area contributed by atoms with Crippen LogP contribution in [0.15, 0.2) is 60.7 Å². The van der Waals surface area contributed by atoms with Gasteiger partial charge in [-0.2, -0.15) is 0 Å². The van der Waals surface area contributed by atoms with E-state index in [1.807, 2.05) is 0 Å². The third kappa shape index (κ3) is 11.3. The van der Waals surface area contributed by atoms with Crippen LogP contribution in [0.2, 0.25) is 0 Å². The summed E-state index contributed by atoms with van der Waals surface area (Å²) in [7, 11) is 0. The number of carbonyl (C=O) groups excluding carboxylic acids is 6. The Labute approximate surface area is 231 Å². The maximum absolute atomic E-state index is 12.2. The Balaban J connectivity index is 2.42. The number of carbonyl (C=O) groups is 6.